The maximum Gasteiger partial charge on any atom is 0.306 e. The van der Waals surface area contributed by atoms with Crippen LogP contribution in [0.2, 0.25) is 0 Å². The number of methoxy groups -OCH3 is 2. The van der Waals surface area contributed by atoms with Crippen molar-refractivity contribution in [1.29, 1.82) is 0 Å². The van der Waals surface area contributed by atoms with E-state index in [2.05, 4.69) is 0 Å². The van der Waals surface area contributed by atoms with Crippen LogP contribution in [0.5, 0.6) is 34.5 Å². The Balaban J connectivity index is 2.30. The van der Waals surface area contributed by atoms with Crippen LogP contribution in [0.4, 0.5) is 0 Å². The summed E-state index contributed by atoms with van der Waals surface area (Å²) in [4.78, 5) is 0. The van der Waals surface area contributed by atoms with Crippen LogP contribution in [0.1, 0.15) is 0 Å². The van der Waals surface area contributed by atoms with Gasteiger partial charge in [-0.3, -0.25) is 0 Å². The van der Waals surface area contributed by atoms with Crippen molar-refractivity contribution in [1.82, 2.24) is 0 Å². The van der Waals surface area contributed by atoms with E-state index in [9.17, 15) is 25.3 Å². The summed E-state index contributed by atoms with van der Waals surface area (Å²) in [7, 11) is -9.36. The van der Waals surface area contributed by atoms with Gasteiger partial charge in [-0.2, -0.15) is 25.3 Å². The van der Waals surface area contributed by atoms with E-state index in [0.29, 0.717) is 11.1 Å². The zero-order valence-electron chi connectivity index (χ0n) is 23.3. The fourth-order valence-electron chi connectivity index (χ4n) is 3.77. The predicted molar refractivity (Wildman–Crippen MR) is 162 cm³/mol. The Morgan fingerprint density at radius 1 is 0.674 bits per heavy atom. The SMILES string of the molecule is COc1cc(-c2ccc(OS(C)(=O)=O)cc2)c(OC)c(OS(C)(=O)=O)c1-c1ccc(OCC=C(Cl)Cl)c(OS(C)(=O)=O)c1. The van der Waals surface area contributed by atoms with Crippen LogP contribution in [-0.4, -0.2) is 64.8 Å². The van der Waals surface area contributed by atoms with Crippen LogP contribution in [0.3, 0.4) is 0 Å². The van der Waals surface area contributed by atoms with E-state index in [1.165, 1.54) is 68.8 Å². The maximum absolute atomic E-state index is 12.4. The van der Waals surface area contributed by atoms with Gasteiger partial charge in [0.2, 0.25) is 0 Å². The molecule has 0 aliphatic carbocycles. The first-order chi connectivity index (χ1) is 19.9. The zero-order valence-corrected chi connectivity index (χ0v) is 27.2. The molecular weight excluding hydrogens is 671 g/mol. The molecule has 0 aromatic heterocycles. The van der Waals surface area contributed by atoms with Crippen LogP contribution in [0.25, 0.3) is 22.3 Å². The summed E-state index contributed by atoms with van der Waals surface area (Å²) in [5.74, 6) is -0.411. The van der Waals surface area contributed by atoms with Crippen molar-refractivity contribution in [2.24, 2.45) is 0 Å². The van der Waals surface area contributed by atoms with Crippen LogP contribution in [0, 0.1) is 0 Å². The molecule has 3 aromatic rings. The Labute approximate surface area is 260 Å². The summed E-state index contributed by atoms with van der Waals surface area (Å²) >= 11 is 11.2. The molecule has 0 spiro atoms. The van der Waals surface area contributed by atoms with Gasteiger partial charge in [-0.25, -0.2) is 0 Å². The van der Waals surface area contributed by atoms with Crippen molar-refractivity contribution >= 4 is 53.6 Å². The fraction of sp³-hybridized carbons (Fsp3) is 0.231. The summed E-state index contributed by atoms with van der Waals surface area (Å²) < 4.78 is 104. The average molecular weight is 698 g/mol. The van der Waals surface area contributed by atoms with Crippen molar-refractivity contribution in [3.8, 4) is 56.8 Å². The van der Waals surface area contributed by atoms with Gasteiger partial charge in [-0.05, 0) is 47.5 Å². The summed E-state index contributed by atoms with van der Waals surface area (Å²) in [6, 6.07) is 11.5. The molecule has 0 aliphatic rings. The third-order valence-corrected chi connectivity index (χ3v) is 6.98. The Morgan fingerprint density at radius 3 is 1.77 bits per heavy atom. The summed E-state index contributed by atoms with van der Waals surface area (Å²) in [5.41, 5.74) is 1.04. The normalized spacial score (nSPS) is 11.8. The van der Waals surface area contributed by atoms with Crippen molar-refractivity contribution in [3.63, 3.8) is 0 Å². The molecule has 0 atom stereocenters. The second-order valence-electron chi connectivity index (χ2n) is 8.72. The Kier molecular flexibility index (Phi) is 10.7. The number of hydrogen-bond acceptors (Lipinski definition) is 12. The third kappa shape index (κ3) is 9.83. The molecule has 0 aliphatic heterocycles. The van der Waals surface area contributed by atoms with Crippen LogP contribution in [-0.2, 0) is 30.4 Å². The fourth-order valence-corrected chi connectivity index (χ4v) is 5.27. The first-order valence-electron chi connectivity index (χ1n) is 11.8. The van der Waals surface area contributed by atoms with Gasteiger partial charge in [0.15, 0.2) is 23.0 Å². The van der Waals surface area contributed by atoms with E-state index >= 15 is 0 Å². The molecule has 0 unspecified atom stereocenters. The minimum atomic E-state index is -4.16. The predicted octanol–water partition coefficient (Wildman–Crippen LogP) is 4.75. The molecule has 0 saturated carbocycles. The van der Waals surface area contributed by atoms with E-state index in [4.69, 9.17) is 50.0 Å². The summed E-state index contributed by atoms with van der Waals surface area (Å²) in [6.45, 7) is -0.121. The number of rotatable bonds is 13. The molecule has 0 heterocycles. The molecule has 0 saturated heterocycles. The van der Waals surface area contributed by atoms with Gasteiger partial charge in [0.1, 0.15) is 22.6 Å². The Bertz CT molecular complexity index is 1850. The molecule has 3 aromatic carbocycles. The van der Waals surface area contributed by atoms with Gasteiger partial charge in [-0.1, -0.05) is 41.4 Å². The highest BCUT2D eigenvalue weighted by molar-refractivity contribution is 7.86. The van der Waals surface area contributed by atoms with Gasteiger partial charge in [0, 0.05) is 5.56 Å². The summed E-state index contributed by atoms with van der Waals surface area (Å²) in [6.07, 6.45) is 3.89. The van der Waals surface area contributed by atoms with Gasteiger partial charge < -0.3 is 26.8 Å². The molecular formula is C26H26Cl2O12S3. The minimum absolute atomic E-state index is 0.00421. The van der Waals surface area contributed by atoms with Gasteiger partial charge in [0.05, 0.1) is 38.6 Å². The third-order valence-electron chi connectivity index (χ3n) is 5.22. The van der Waals surface area contributed by atoms with Crippen molar-refractivity contribution in [3.05, 3.63) is 59.1 Å². The lowest BCUT2D eigenvalue weighted by molar-refractivity contribution is 0.348. The highest BCUT2D eigenvalue weighted by atomic mass is 35.5. The van der Waals surface area contributed by atoms with Crippen LogP contribution in [0.15, 0.2) is 59.1 Å². The largest absolute Gasteiger partial charge is 0.496 e. The van der Waals surface area contributed by atoms with E-state index < -0.39 is 30.4 Å². The van der Waals surface area contributed by atoms with Crippen molar-refractivity contribution in [2.45, 2.75) is 0 Å². The molecule has 17 heteroatoms. The van der Waals surface area contributed by atoms with E-state index in [1.54, 1.807) is 0 Å². The number of benzene rings is 3. The minimum Gasteiger partial charge on any atom is -0.496 e. The van der Waals surface area contributed by atoms with Crippen molar-refractivity contribution < 1.29 is 52.0 Å². The first-order valence-corrected chi connectivity index (χ1v) is 18.0. The van der Waals surface area contributed by atoms with Crippen LogP contribution >= 0.6 is 23.2 Å². The van der Waals surface area contributed by atoms with Gasteiger partial charge in [0.25, 0.3) is 0 Å². The monoisotopic (exact) mass is 696 g/mol. The lowest BCUT2D eigenvalue weighted by atomic mass is 9.96. The molecule has 0 N–H and O–H groups in total. The lowest BCUT2D eigenvalue weighted by Crippen LogP contribution is -2.10. The zero-order chi connectivity index (χ0) is 32.2. The lowest BCUT2D eigenvalue weighted by Gasteiger charge is -2.21. The molecule has 0 fully saturated rings. The molecule has 0 amide bonds. The molecule has 0 bridgehead atoms. The second kappa shape index (κ2) is 13.5. The first kappa shape index (κ1) is 34.1. The number of ether oxygens (including phenoxy) is 3. The molecule has 12 nitrogen and oxygen atoms in total. The van der Waals surface area contributed by atoms with E-state index in [1.807, 2.05) is 0 Å². The number of hydrogen-bond donors (Lipinski definition) is 0. The van der Waals surface area contributed by atoms with Gasteiger partial charge in [-0.15, -0.1) is 0 Å². The topological polar surface area (TPSA) is 158 Å². The van der Waals surface area contributed by atoms with E-state index in [0.717, 1.165) is 18.8 Å². The standard InChI is InChI=1S/C26H26Cl2O12S3/c1-35-22-15-19(16-6-9-18(10-7-16)38-41(3,29)30)25(36-2)26(40-43(5,33)34)24(22)17-8-11-20(37-13-12-23(27)28)21(14-17)39-42(4,31)32/h6-12,14-15H,13H2,1-5H3. The maximum atomic E-state index is 12.4. The van der Waals surface area contributed by atoms with Crippen molar-refractivity contribution in [2.75, 3.05) is 39.6 Å². The molecule has 234 valence electrons. The van der Waals surface area contributed by atoms with Gasteiger partial charge >= 0.3 is 30.4 Å². The molecule has 3 rings (SSSR count). The molecule has 43 heavy (non-hydrogen) atoms. The quantitative estimate of drug-likeness (QED) is 0.226. The molecule has 0 radical (unpaired) electrons. The average Bonchev–Trinajstić information content (AvgIpc) is 2.86. The highest BCUT2D eigenvalue weighted by Crippen LogP contribution is 2.51. The smallest absolute Gasteiger partial charge is 0.306 e. The highest BCUT2D eigenvalue weighted by Gasteiger charge is 2.27. The Morgan fingerprint density at radius 2 is 1.26 bits per heavy atom. The summed E-state index contributed by atoms with van der Waals surface area (Å²) in [5, 5.41) is 0. The van der Waals surface area contributed by atoms with E-state index in [-0.39, 0.29) is 56.7 Å². The number of halogens is 2. The van der Waals surface area contributed by atoms with Crippen LogP contribution < -0.4 is 26.8 Å². The Hall–Kier alpha value is -3.37. The second-order valence-corrected chi connectivity index (χ2v) is 14.4.